The van der Waals surface area contributed by atoms with E-state index in [2.05, 4.69) is 35.8 Å². The third-order valence-electron chi connectivity index (χ3n) is 2.92. The summed E-state index contributed by atoms with van der Waals surface area (Å²) in [5, 5.41) is 1.84. The zero-order valence-electron chi connectivity index (χ0n) is 10.0. The van der Waals surface area contributed by atoms with Crippen LogP contribution in [0.1, 0.15) is 26.0 Å². The Hall–Kier alpha value is -0.470. The third-order valence-corrected chi connectivity index (χ3v) is 4.67. The van der Waals surface area contributed by atoms with Gasteiger partial charge in [-0.15, -0.1) is 0 Å². The topological polar surface area (TPSA) is 13.1 Å². The van der Waals surface area contributed by atoms with Gasteiger partial charge in [-0.1, -0.05) is 41.4 Å². The number of alkyl halides is 1. The molecule has 1 unspecified atom stereocenters. The first kappa shape index (κ1) is 13.0. The molecule has 0 saturated carbocycles. The monoisotopic (exact) mass is 314 g/mol. The highest BCUT2D eigenvalue weighted by Gasteiger charge is 2.11. The molecule has 1 aromatic carbocycles. The number of hydrogen-bond donors (Lipinski definition) is 0. The van der Waals surface area contributed by atoms with Gasteiger partial charge in [0.05, 0.1) is 0 Å². The van der Waals surface area contributed by atoms with Gasteiger partial charge in [0.2, 0.25) is 0 Å². The number of furan rings is 1. The van der Waals surface area contributed by atoms with E-state index in [1.807, 2.05) is 18.2 Å². The van der Waals surface area contributed by atoms with E-state index >= 15 is 0 Å². The van der Waals surface area contributed by atoms with Crippen LogP contribution in [0.15, 0.2) is 28.7 Å². The van der Waals surface area contributed by atoms with E-state index in [4.69, 9.17) is 16.0 Å². The lowest BCUT2D eigenvalue weighted by Gasteiger charge is -2.11. The molecule has 0 radical (unpaired) electrons. The van der Waals surface area contributed by atoms with Crippen molar-refractivity contribution >= 4 is 38.5 Å². The van der Waals surface area contributed by atoms with Crippen molar-refractivity contribution in [3.63, 3.8) is 0 Å². The molecule has 3 heteroatoms. The average Bonchev–Trinajstić information content (AvgIpc) is 2.67. The summed E-state index contributed by atoms with van der Waals surface area (Å²) in [4.78, 5) is 0.541. The van der Waals surface area contributed by atoms with Gasteiger partial charge in [-0.05, 0) is 36.6 Å². The first-order valence-electron chi connectivity index (χ1n) is 5.88. The summed E-state index contributed by atoms with van der Waals surface area (Å²) in [7, 11) is 0. The van der Waals surface area contributed by atoms with Gasteiger partial charge in [0.15, 0.2) is 0 Å². The van der Waals surface area contributed by atoms with Crippen molar-refractivity contribution < 1.29 is 4.42 Å². The molecule has 17 heavy (non-hydrogen) atoms. The van der Waals surface area contributed by atoms with Crippen molar-refractivity contribution in [3.05, 3.63) is 35.0 Å². The van der Waals surface area contributed by atoms with Crippen molar-refractivity contribution in [2.24, 2.45) is 5.92 Å². The van der Waals surface area contributed by atoms with Crippen LogP contribution < -0.4 is 0 Å². The Morgan fingerprint density at radius 2 is 2.06 bits per heavy atom. The van der Waals surface area contributed by atoms with Gasteiger partial charge in [0.25, 0.3) is 0 Å². The third kappa shape index (κ3) is 3.26. The smallest absolute Gasteiger partial charge is 0.134 e. The summed E-state index contributed by atoms with van der Waals surface area (Å²) in [6, 6.07) is 7.81. The Bertz CT molecular complexity index is 504. The summed E-state index contributed by atoms with van der Waals surface area (Å²) in [5.74, 6) is 1.68. The first-order chi connectivity index (χ1) is 8.06. The van der Waals surface area contributed by atoms with E-state index in [0.717, 1.165) is 34.6 Å². The van der Waals surface area contributed by atoms with Gasteiger partial charge in [-0.25, -0.2) is 0 Å². The summed E-state index contributed by atoms with van der Waals surface area (Å²) < 4.78 is 5.77. The highest BCUT2D eigenvalue weighted by Crippen LogP contribution is 2.25. The molecule has 0 spiro atoms. The van der Waals surface area contributed by atoms with Gasteiger partial charge in [0, 0.05) is 21.7 Å². The minimum Gasteiger partial charge on any atom is -0.461 e. The molecule has 0 saturated heterocycles. The Balaban J connectivity index is 2.09. The molecule has 0 aliphatic carbocycles. The zero-order valence-corrected chi connectivity index (χ0v) is 12.4. The zero-order chi connectivity index (χ0) is 12.4. The van der Waals surface area contributed by atoms with Crippen LogP contribution in [0.5, 0.6) is 0 Å². The number of hydrogen-bond acceptors (Lipinski definition) is 1. The minimum absolute atomic E-state index is 0.541. The molecule has 1 heterocycles. The Labute approximate surface area is 115 Å². The average molecular weight is 316 g/mol. The van der Waals surface area contributed by atoms with Gasteiger partial charge in [-0.2, -0.15) is 0 Å². The van der Waals surface area contributed by atoms with Gasteiger partial charge in [-0.3, -0.25) is 0 Å². The van der Waals surface area contributed by atoms with E-state index in [1.54, 1.807) is 0 Å². The number of benzene rings is 1. The maximum atomic E-state index is 5.95. The molecular weight excluding hydrogens is 300 g/mol. The van der Waals surface area contributed by atoms with Gasteiger partial charge >= 0.3 is 0 Å². The SMILES string of the molecule is CC(C)C(Br)CCc1cc2cc(Cl)ccc2o1. The number of halogens is 2. The quantitative estimate of drug-likeness (QED) is 0.685. The summed E-state index contributed by atoms with van der Waals surface area (Å²) in [6.07, 6.45) is 2.05. The maximum Gasteiger partial charge on any atom is 0.134 e. The van der Waals surface area contributed by atoms with Crippen LogP contribution in [0.3, 0.4) is 0 Å². The fourth-order valence-electron chi connectivity index (χ4n) is 1.81. The lowest BCUT2D eigenvalue weighted by Crippen LogP contribution is -2.07. The standard InChI is InChI=1S/C14H16BrClO/c1-9(2)13(15)5-4-12-8-10-7-11(16)3-6-14(10)17-12/h3,6-9,13H,4-5H2,1-2H3. The fraction of sp³-hybridized carbons (Fsp3) is 0.429. The van der Waals surface area contributed by atoms with E-state index < -0.39 is 0 Å². The van der Waals surface area contributed by atoms with Gasteiger partial charge < -0.3 is 4.42 Å². The Morgan fingerprint density at radius 1 is 1.29 bits per heavy atom. The summed E-state index contributed by atoms with van der Waals surface area (Å²) in [5.41, 5.74) is 0.917. The summed E-state index contributed by atoms with van der Waals surface area (Å²) in [6.45, 7) is 4.44. The van der Waals surface area contributed by atoms with Crippen LogP contribution in [-0.4, -0.2) is 4.83 Å². The molecular formula is C14H16BrClO. The van der Waals surface area contributed by atoms with Crippen molar-refractivity contribution in [1.82, 2.24) is 0 Å². The molecule has 0 amide bonds. The molecule has 1 nitrogen and oxygen atoms in total. The van der Waals surface area contributed by atoms with E-state index in [-0.39, 0.29) is 0 Å². The number of rotatable bonds is 4. The summed E-state index contributed by atoms with van der Waals surface area (Å²) >= 11 is 9.64. The molecule has 0 bridgehead atoms. The second-order valence-electron chi connectivity index (χ2n) is 4.69. The predicted molar refractivity (Wildman–Crippen MR) is 77.1 cm³/mol. The second kappa shape index (κ2) is 5.45. The van der Waals surface area contributed by atoms with Gasteiger partial charge in [0.1, 0.15) is 11.3 Å². The van der Waals surface area contributed by atoms with Crippen LogP contribution in [0.25, 0.3) is 11.0 Å². The molecule has 1 aromatic heterocycles. The van der Waals surface area contributed by atoms with Crippen LogP contribution >= 0.6 is 27.5 Å². The molecule has 0 aliphatic heterocycles. The van der Waals surface area contributed by atoms with E-state index in [0.29, 0.717) is 10.7 Å². The maximum absolute atomic E-state index is 5.95. The molecule has 2 rings (SSSR count). The van der Waals surface area contributed by atoms with E-state index in [1.165, 1.54) is 0 Å². The molecule has 1 atom stereocenters. The van der Waals surface area contributed by atoms with Crippen LogP contribution in [0, 0.1) is 5.92 Å². The lowest BCUT2D eigenvalue weighted by atomic mass is 10.1. The Morgan fingerprint density at radius 3 is 2.76 bits per heavy atom. The number of aryl methyl sites for hydroxylation is 1. The van der Waals surface area contributed by atoms with E-state index in [9.17, 15) is 0 Å². The molecule has 2 aromatic rings. The predicted octanol–water partition coefficient (Wildman–Crippen LogP) is 5.44. The highest BCUT2D eigenvalue weighted by atomic mass is 79.9. The second-order valence-corrected chi connectivity index (χ2v) is 6.31. The van der Waals surface area contributed by atoms with Crippen molar-refractivity contribution in [1.29, 1.82) is 0 Å². The van der Waals surface area contributed by atoms with Crippen LogP contribution in [0.4, 0.5) is 0 Å². The first-order valence-corrected chi connectivity index (χ1v) is 7.17. The molecule has 0 fully saturated rings. The normalized spacial score (nSPS) is 13.5. The Kier molecular flexibility index (Phi) is 4.16. The number of fused-ring (bicyclic) bond motifs is 1. The van der Waals surface area contributed by atoms with Crippen LogP contribution in [-0.2, 0) is 6.42 Å². The fourth-order valence-corrected chi connectivity index (χ4v) is 2.22. The van der Waals surface area contributed by atoms with Crippen molar-refractivity contribution in [2.75, 3.05) is 0 Å². The molecule has 0 N–H and O–H groups in total. The lowest BCUT2D eigenvalue weighted by molar-refractivity contribution is 0.511. The van der Waals surface area contributed by atoms with Crippen LogP contribution in [0.2, 0.25) is 5.02 Å². The largest absolute Gasteiger partial charge is 0.461 e. The van der Waals surface area contributed by atoms with Crippen molar-refractivity contribution in [3.8, 4) is 0 Å². The molecule has 0 aliphatic rings. The minimum atomic E-state index is 0.541. The molecule has 92 valence electrons. The van der Waals surface area contributed by atoms with Crippen molar-refractivity contribution in [2.45, 2.75) is 31.5 Å². The highest BCUT2D eigenvalue weighted by molar-refractivity contribution is 9.09.